The third-order valence-corrected chi connectivity index (χ3v) is 12.2. The van der Waals surface area contributed by atoms with Crippen LogP contribution in [0.3, 0.4) is 0 Å². The molecule has 0 spiro atoms. The molecule has 0 aliphatic heterocycles. The van der Waals surface area contributed by atoms with Crippen LogP contribution in [0, 0.1) is 46.3 Å². The lowest BCUT2D eigenvalue weighted by molar-refractivity contribution is -0.893. The first kappa shape index (κ1) is 34.7. The second-order valence-corrected chi connectivity index (χ2v) is 16.4. The first-order valence-corrected chi connectivity index (χ1v) is 17.8. The fourth-order valence-corrected chi connectivity index (χ4v) is 10.5. The second kappa shape index (κ2) is 13.9. The molecule has 4 rings (SSSR count). The zero-order valence-corrected chi connectivity index (χ0v) is 27.6. The Bertz CT molecular complexity index is 963. The summed E-state index contributed by atoms with van der Waals surface area (Å²) < 4.78 is 32.4. The standard InChI is InChI=1S/C32H58N2O2.H2O4S/c1-23(11-16-30(36)33-20-9-21-34(5,6)22-24(2)35)27-14-15-28-26-13-12-25-10-7-8-18-31(25,3)29(26)17-19-32(27,28)4;1-5(2,3)4/h23-29,35H,7-22H2,1-6H3;(H2,1,2,3,4)/p+1/t23-,24?,25?,26?,27-,28?,29?,31+,32-;/m1./s1. The smallest absolute Gasteiger partial charge is 0.388 e. The molecule has 4 fully saturated rings. The third kappa shape index (κ3) is 9.13. The van der Waals surface area contributed by atoms with Crippen molar-refractivity contribution in [1.29, 1.82) is 0 Å². The highest BCUT2D eigenvalue weighted by Crippen LogP contribution is 2.68. The van der Waals surface area contributed by atoms with Gasteiger partial charge in [-0.15, -0.1) is 0 Å². The van der Waals surface area contributed by atoms with E-state index < -0.39 is 10.4 Å². The molecule has 0 radical (unpaired) electrons. The number of rotatable bonds is 10. The van der Waals surface area contributed by atoms with Gasteiger partial charge < -0.3 is 14.9 Å². The molecule has 0 saturated heterocycles. The van der Waals surface area contributed by atoms with E-state index in [0.29, 0.717) is 23.2 Å². The summed E-state index contributed by atoms with van der Waals surface area (Å²) in [5, 5.41) is 12.8. The van der Waals surface area contributed by atoms with E-state index in [9.17, 15) is 9.90 Å². The number of likely N-dealkylation sites (N-methyl/N-ethyl adjacent to an activating group) is 1. The number of carbonyl (C=O) groups is 1. The number of fused-ring (bicyclic) bond motifs is 5. The van der Waals surface area contributed by atoms with Gasteiger partial charge in [0.15, 0.2) is 0 Å². The number of nitrogens with one attached hydrogen (secondary N) is 1. The summed E-state index contributed by atoms with van der Waals surface area (Å²) in [6.45, 7) is 12.1. The van der Waals surface area contributed by atoms with Gasteiger partial charge in [-0.05, 0) is 111 Å². The highest BCUT2D eigenvalue weighted by Gasteiger charge is 2.60. The summed E-state index contributed by atoms with van der Waals surface area (Å²) >= 11 is 0. The Hall–Kier alpha value is -0.740. The highest BCUT2D eigenvalue weighted by atomic mass is 32.3. The molecule has 8 nitrogen and oxygen atoms in total. The van der Waals surface area contributed by atoms with Crippen LogP contribution >= 0.6 is 0 Å². The van der Waals surface area contributed by atoms with Crippen molar-refractivity contribution in [3.05, 3.63) is 0 Å². The largest absolute Gasteiger partial charge is 0.394 e. The minimum absolute atomic E-state index is 0.231. The van der Waals surface area contributed by atoms with Crippen LogP contribution in [0.5, 0.6) is 0 Å². The second-order valence-electron chi connectivity index (χ2n) is 15.5. The lowest BCUT2D eigenvalue weighted by atomic mass is 9.44. The molecule has 0 aromatic heterocycles. The molecule has 0 aromatic rings. The van der Waals surface area contributed by atoms with Crippen molar-refractivity contribution in [2.75, 3.05) is 33.7 Å². The summed E-state index contributed by atoms with van der Waals surface area (Å²) in [6, 6.07) is 0. The molecule has 5 unspecified atom stereocenters. The molecule has 4 aliphatic carbocycles. The number of nitrogens with zero attached hydrogens (tertiary/aromatic N) is 1. The van der Waals surface area contributed by atoms with E-state index in [1.807, 2.05) is 6.92 Å². The van der Waals surface area contributed by atoms with Crippen LogP contribution in [0.15, 0.2) is 0 Å². The Balaban J connectivity index is 0.000000850. The van der Waals surface area contributed by atoms with Gasteiger partial charge in [-0.2, -0.15) is 8.42 Å². The number of quaternary nitrogens is 1. The molecule has 4 aliphatic rings. The molecule has 0 heterocycles. The van der Waals surface area contributed by atoms with Gasteiger partial charge in [0, 0.05) is 19.4 Å². The van der Waals surface area contributed by atoms with Crippen LogP contribution in [-0.2, 0) is 15.2 Å². The molecule has 0 aromatic carbocycles. The topological polar surface area (TPSA) is 124 Å². The van der Waals surface area contributed by atoms with E-state index in [1.54, 1.807) is 0 Å². The van der Waals surface area contributed by atoms with Gasteiger partial charge in [0.25, 0.3) is 0 Å². The molecular formula is C32H61N2O6S+. The van der Waals surface area contributed by atoms with E-state index in [1.165, 1.54) is 64.2 Å². The molecule has 1 amide bonds. The summed E-state index contributed by atoms with van der Waals surface area (Å²) in [7, 11) is -0.361. The van der Waals surface area contributed by atoms with Crippen molar-refractivity contribution in [1.82, 2.24) is 5.32 Å². The van der Waals surface area contributed by atoms with E-state index >= 15 is 0 Å². The van der Waals surface area contributed by atoms with Crippen LogP contribution in [0.4, 0.5) is 0 Å². The number of aliphatic hydroxyl groups excluding tert-OH is 1. The zero-order chi connectivity index (χ0) is 30.6. The zero-order valence-electron chi connectivity index (χ0n) is 26.8. The molecule has 0 bridgehead atoms. The molecule has 240 valence electrons. The highest BCUT2D eigenvalue weighted by molar-refractivity contribution is 7.79. The SMILES string of the molecule is CC(O)C[N+](C)(C)CCCNC(=O)CC[C@@H](C)[C@H]1CCC2C3CCC4CCCC[C@]4(C)C3CC[C@@]21C.O=S(=O)(O)O. The van der Waals surface area contributed by atoms with E-state index in [4.69, 9.17) is 17.5 Å². The maximum Gasteiger partial charge on any atom is 0.394 e. The minimum atomic E-state index is -4.67. The lowest BCUT2D eigenvalue weighted by Gasteiger charge is -2.61. The van der Waals surface area contributed by atoms with Gasteiger partial charge in [-0.25, -0.2) is 0 Å². The van der Waals surface area contributed by atoms with Crippen LogP contribution in [-0.4, -0.2) is 72.9 Å². The van der Waals surface area contributed by atoms with Crippen LogP contribution < -0.4 is 5.32 Å². The summed E-state index contributed by atoms with van der Waals surface area (Å²) in [6.07, 6.45) is 17.1. The van der Waals surface area contributed by atoms with Crippen LogP contribution in [0.2, 0.25) is 0 Å². The first-order valence-electron chi connectivity index (χ1n) is 16.4. The van der Waals surface area contributed by atoms with Gasteiger partial charge in [-0.1, -0.05) is 33.6 Å². The summed E-state index contributed by atoms with van der Waals surface area (Å²) in [4.78, 5) is 12.6. The predicted molar refractivity (Wildman–Crippen MR) is 164 cm³/mol. The Kier molecular flexibility index (Phi) is 11.8. The van der Waals surface area contributed by atoms with Gasteiger partial charge in [-0.3, -0.25) is 13.9 Å². The van der Waals surface area contributed by atoms with Crippen molar-refractivity contribution in [3.63, 3.8) is 0 Å². The van der Waals surface area contributed by atoms with Gasteiger partial charge in [0.2, 0.25) is 5.91 Å². The molecule has 9 atom stereocenters. The number of hydrogen-bond donors (Lipinski definition) is 4. The Labute approximate surface area is 250 Å². The number of carbonyl (C=O) groups excluding carboxylic acids is 1. The summed E-state index contributed by atoms with van der Waals surface area (Å²) in [5.74, 6) is 5.57. The van der Waals surface area contributed by atoms with Crippen molar-refractivity contribution in [2.24, 2.45) is 46.3 Å². The Morgan fingerprint density at radius 2 is 1.61 bits per heavy atom. The quantitative estimate of drug-likeness (QED) is 0.143. The Morgan fingerprint density at radius 1 is 0.951 bits per heavy atom. The molecule has 4 saturated carbocycles. The van der Waals surface area contributed by atoms with Crippen LogP contribution in [0.1, 0.15) is 111 Å². The average Bonchev–Trinajstić information content (AvgIpc) is 3.20. The maximum absolute atomic E-state index is 12.6. The normalized spacial score (nSPS) is 36.6. The van der Waals surface area contributed by atoms with Crippen LogP contribution in [0.25, 0.3) is 0 Å². The third-order valence-electron chi connectivity index (χ3n) is 12.2. The van der Waals surface area contributed by atoms with Crippen molar-refractivity contribution < 1.29 is 31.9 Å². The summed E-state index contributed by atoms with van der Waals surface area (Å²) in [5.41, 5.74) is 1.14. The van der Waals surface area contributed by atoms with Crippen molar-refractivity contribution >= 4 is 16.3 Å². The van der Waals surface area contributed by atoms with E-state index in [-0.39, 0.29) is 12.0 Å². The number of aliphatic hydroxyl groups is 1. The molecule has 4 N–H and O–H groups in total. The first-order chi connectivity index (χ1) is 19.0. The average molecular weight is 602 g/mol. The molecule has 9 heteroatoms. The van der Waals surface area contributed by atoms with Gasteiger partial charge >= 0.3 is 10.4 Å². The van der Waals surface area contributed by atoms with Crippen molar-refractivity contribution in [3.8, 4) is 0 Å². The van der Waals surface area contributed by atoms with E-state index in [2.05, 4.69) is 40.2 Å². The minimum Gasteiger partial charge on any atom is -0.388 e. The lowest BCUT2D eigenvalue weighted by Crippen LogP contribution is -2.53. The van der Waals surface area contributed by atoms with Gasteiger partial charge in [0.1, 0.15) is 12.6 Å². The fourth-order valence-electron chi connectivity index (χ4n) is 10.5. The van der Waals surface area contributed by atoms with Crippen molar-refractivity contribution in [2.45, 2.75) is 117 Å². The number of hydrogen-bond acceptors (Lipinski definition) is 4. The molecule has 41 heavy (non-hydrogen) atoms. The van der Waals surface area contributed by atoms with E-state index in [0.717, 1.165) is 66.5 Å². The fraction of sp³-hybridized carbons (Fsp3) is 0.969. The number of amides is 1. The predicted octanol–water partition coefficient (Wildman–Crippen LogP) is 5.76. The monoisotopic (exact) mass is 601 g/mol. The molecular weight excluding hydrogens is 540 g/mol. The maximum atomic E-state index is 12.6. The Morgan fingerprint density at radius 3 is 2.27 bits per heavy atom. The van der Waals surface area contributed by atoms with Gasteiger partial charge in [0.05, 0.1) is 20.6 Å².